The van der Waals surface area contributed by atoms with Gasteiger partial charge in [0.2, 0.25) is 0 Å². The van der Waals surface area contributed by atoms with Gasteiger partial charge in [0.25, 0.3) is 0 Å². The molecule has 0 heterocycles. The standard InChI is InChI=1S/C15H29NO2/c1-6-14(4,18)9-16-12-11(17)10-7-8-15(12,5)13(10,2)3/h10-12,16-18H,6-9H2,1-5H3/t10-,11+,12-,14+,15-/m0/s1. The topological polar surface area (TPSA) is 52.5 Å². The fraction of sp³-hybridized carbons (Fsp3) is 1.00. The number of hydrogen-bond acceptors (Lipinski definition) is 3. The minimum Gasteiger partial charge on any atom is -0.391 e. The molecule has 0 aromatic heterocycles. The zero-order valence-corrected chi connectivity index (χ0v) is 12.5. The third-order valence-electron chi connectivity index (χ3n) is 6.28. The molecule has 2 saturated carbocycles. The Morgan fingerprint density at radius 3 is 2.39 bits per heavy atom. The van der Waals surface area contributed by atoms with Crippen LogP contribution in [0.15, 0.2) is 0 Å². The van der Waals surface area contributed by atoms with E-state index in [9.17, 15) is 10.2 Å². The van der Waals surface area contributed by atoms with Gasteiger partial charge in [-0.3, -0.25) is 0 Å². The Kier molecular flexibility index (Phi) is 3.33. The van der Waals surface area contributed by atoms with Crippen molar-refractivity contribution in [3.63, 3.8) is 0 Å². The van der Waals surface area contributed by atoms with Gasteiger partial charge in [-0.05, 0) is 42.9 Å². The van der Waals surface area contributed by atoms with E-state index >= 15 is 0 Å². The molecule has 0 radical (unpaired) electrons. The van der Waals surface area contributed by atoms with E-state index in [-0.39, 0.29) is 23.0 Å². The Bertz CT molecular complexity index is 326. The highest BCUT2D eigenvalue weighted by atomic mass is 16.3. The van der Waals surface area contributed by atoms with Crippen LogP contribution in [0.5, 0.6) is 0 Å². The molecule has 2 aliphatic rings. The highest BCUT2D eigenvalue weighted by molar-refractivity contribution is 5.17. The minimum absolute atomic E-state index is 0.115. The van der Waals surface area contributed by atoms with Gasteiger partial charge >= 0.3 is 0 Å². The van der Waals surface area contributed by atoms with E-state index in [1.54, 1.807) is 0 Å². The fourth-order valence-corrected chi connectivity index (χ4v) is 4.13. The van der Waals surface area contributed by atoms with E-state index in [0.717, 1.165) is 12.8 Å². The van der Waals surface area contributed by atoms with Crippen molar-refractivity contribution < 1.29 is 10.2 Å². The number of fused-ring (bicyclic) bond motifs is 2. The lowest BCUT2D eigenvalue weighted by Crippen LogP contribution is -2.53. The van der Waals surface area contributed by atoms with Crippen molar-refractivity contribution in [2.45, 2.75) is 71.6 Å². The van der Waals surface area contributed by atoms with Gasteiger partial charge in [0.1, 0.15) is 0 Å². The molecule has 2 aliphatic carbocycles. The molecule has 0 amide bonds. The molecular formula is C15H29NO2. The van der Waals surface area contributed by atoms with Crippen LogP contribution >= 0.6 is 0 Å². The third-order valence-corrected chi connectivity index (χ3v) is 6.28. The van der Waals surface area contributed by atoms with Gasteiger partial charge in [-0.15, -0.1) is 0 Å². The first kappa shape index (κ1) is 14.3. The Balaban J connectivity index is 2.11. The van der Waals surface area contributed by atoms with Gasteiger partial charge in [-0.25, -0.2) is 0 Å². The van der Waals surface area contributed by atoms with E-state index in [4.69, 9.17) is 0 Å². The normalized spacial score (nSPS) is 45.2. The summed E-state index contributed by atoms with van der Waals surface area (Å²) in [6.45, 7) is 11.3. The first-order valence-corrected chi connectivity index (χ1v) is 7.29. The quantitative estimate of drug-likeness (QED) is 0.719. The average Bonchev–Trinajstić information content (AvgIpc) is 2.57. The van der Waals surface area contributed by atoms with Crippen molar-refractivity contribution in [1.82, 2.24) is 5.32 Å². The molecule has 0 aromatic rings. The summed E-state index contributed by atoms with van der Waals surface area (Å²) in [5, 5.41) is 24.1. The van der Waals surface area contributed by atoms with Crippen molar-refractivity contribution in [2.24, 2.45) is 16.7 Å². The molecule has 5 atom stereocenters. The fourth-order valence-electron chi connectivity index (χ4n) is 4.13. The van der Waals surface area contributed by atoms with Crippen LogP contribution in [0.25, 0.3) is 0 Å². The van der Waals surface area contributed by atoms with E-state index in [0.29, 0.717) is 12.5 Å². The van der Waals surface area contributed by atoms with E-state index in [1.807, 2.05) is 13.8 Å². The van der Waals surface area contributed by atoms with Crippen LogP contribution in [-0.2, 0) is 0 Å². The average molecular weight is 255 g/mol. The Morgan fingerprint density at radius 2 is 1.94 bits per heavy atom. The maximum atomic E-state index is 10.5. The molecule has 2 bridgehead atoms. The Labute approximate surface area is 111 Å². The van der Waals surface area contributed by atoms with Crippen LogP contribution in [-0.4, -0.2) is 34.5 Å². The second-order valence-electron chi connectivity index (χ2n) is 7.48. The summed E-state index contributed by atoms with van der Waals surface area (Å²) < 4.78 is 0. The molecular weight excluding hydrogens is 226 g/mol. The van der Waals surface area contributed by atoms with Crippen LogP contribution in [0, 0.1) is 16.7 Å². The zero-order chi connectivity index (χ0) is 13.8. The van der Waals surface area contributed by atoms with Gasteiger partial charge in [0, 0.05) is 12.6 Å². The van der Waals surface area contributed by atoms with Gasteiger partial charge in [0.15, 0.2) is 0 Å². The van der Waals surface area contributed by atoms with Crippen molar-refractivity contribution in [3.05, 3.63) is 0 Å². The summed E-state index contributed by atoms with van der Waals surface area (Å²) in [7, 11) is 0. The van der Waals surface area contributed by atoms with E-state index in [1.165, 1.54) is 6.42 Å². The molecule has 106 valence electrons. The van der Waals surface area contributed by atoms with E-state index < -0.39 is 5.60 Å². The predicted octanol–water partition coefficient (Wildman–Crippen LogP) is 1.92. The number of aliphatic hydroxyl groups excluding tert-OH is 1. The van der Waals surface area contributed by atoms with Crippen LogP contribution < -0.4 is 5.32 Å². The minimum atomic E-state index is -0.679. The molecule has 2 fully saturated rings. The SMILES string of the molecule is CC[C@@](C)(O)CN[C@H]1[C@H](O)[C@@H]2CC[C@]1(C)C2(C)C. The lowest BCUT2D eigenvalue weighted by Gasteiger charge is -2.41. The van der Waals surface area contributed by atoms with Crippen LogP contribution in [0.3, 0.4) is 0 Å². The predicted molar refractivity (Wildman–Crippen MR) is 73.3 cm³/mol. The number of hydrogen-bond donors (Lipinski definition) is 3. The number of nitrogens with one attached hydrogen (secondary N) is 1. The smallest absolute Gasteiger partial charge is 0.0741 e. The molecule has 3 N–H and O–H groups in total. The molecule has 0 aliphatic heterocycles. The lowest BCUT2D eigenvalue weighted by molar-refractivity contribution is 0.0191. The second-order valence-corrected chi connectivity index (χ2v) is 7.48. The Hall–Kier alpha value is -0.120. The summed E-state index contributed by atoms with van der Waals surface area (Å²) >= 11 is 0. The second kappa shape index (κ2) is 4.19. The molecule has 18 heavy (non-hydrogen) atoms. The van der Waals surface area contributed by atoms with Crippen LogP contribution in [0.1, 0.15) is 53.9 Å². The summed E-state index contributed by atoms with van der Waals surface area (Å²) in [5.41, 5.74) is -0.356. The lowest BCUT2D eigenvalue weighted by atomic mass is 9.69. The molecule has 3 nitrogen and oxygen atoms in total. The molecule has 2 rings (SSSR count). The maximum absolute atomic E-state index is 10.5. The summed E-state index contributed by atoms with van der Waals surface area (Å²) in [6.07, 6.45) is 2.76. The van der Waals surface area contributed by atoms with E-state index in [2.05, 4.69) is 26.1 Å². The highest BCUT2D eigenvalue weighted by Gasteiger charge is 2.65. The zero-order valence-electron chi connectivity index (χ0n) is 12.5. The summed E-state index contributed by atoms with van der Waals surface area (Å²) in [4.78, 5) is 0. The molecule has 0 aromatic carbocycles. The first-order chi connectivity index (χ1) is 8.16. The van der Waals surface area contributed by atoms with Crippen molar-refractivity contribution in [2.75, 3.05) is 6.54 Å². The van der Waals surface area contributed by atoms with Gasteiger partial charge in [-0.2, -0.15) is 0 Å². The van der Waals surface area contributed by atoms with Crippen LogP contribution in [0.2, 0.25) is 0 Å². The largest absolute Gasteiger partial charge is 0.391 e. The Morgan fingerprint density at radius 1 is 1.33 bits per heavy atom. The summed E-state index contributed by atoms with van der Waals surface area (Å²) in [5.74, 6) is 0.395. The molecule has 3 heteroatoms. The monoisotopic (exact) mass is 255 g/mol. The van der Waals surface area contributed by atoms with Crippen molar-refractivity contribution in [1.29, 1.82) is 0 Å². The first-order valence-electron chi connectivity index (χ1n) is 7.29. The number of rotatable bonds is 4. The summed E-state index contributed by atoms with van der Waals surface area (Å²) in [6, 6.07) is 0.115. The van der Waals surface area contributed by atoms with Gasteiger partial charge in [0.05, 0.1) is 11.7 Å². The van der Waals surface area contributed by atoms with Gasteiger partial charge < -0.3 is 15.5 Å². The molecule has 0 spiro atoms. The van der Waals surface area contributed by atoms with Crippen molar-refractivity contribution in [3.8, 4) is 0 Å². The molecule has 0 unspecified atom stereocenters. The highest BCUT2D eigenvalue weighted by Crippen LogP contribution is 2.65. The maximum Gasteiger partial charge on any atom is 0.0741 e. The molecule has 0 saturated heterocycles. The third kappa shape index (κ3) is 1.83. The van der Waals surface area contributed by atoms with Crippen LogP contribution in [0.4, 0.5) is 0 Å². The van der Waals surface area contributed by atoms with Gasteiger partial charge in [-0.1, -0.05) is 27.7 Å². The van der Waals surface area contributed by atoms with Crippen molar-refractivity contribution >= 4 is 0 Å². The number of aliphatic hydroxyl groups is 2.